The van der Waals surface area contributed by atoms with E-state index in [1.165, 1.54) is 18.2 Å². The Balaban J connectivity index is 2.00. The van der Waals surface area contributed by atoms with Gasteiger partial charge in [-0.2, -0.15) is 0 Å². The van der Waals surface area contributed by atoms with Crippen LogP contribution in [0.3, 0.4) is 0 Å². The van der Waals surface area contributed by atoms with Gasteiger partial charge in [0.2, 0.25) is 15.9 Å². The second-order valence-corrected chi connectivity index (χ2v) is 7.00. The van der Waals surface area contributed by atoms with Crippen molar-refractivity contribution in [2.24, 2.45) is 5.14 Å². The number of nitrogens with one attached hydrogen (secondary N) is 2. The summed E-state index contributed by atoms with van der Waals surface area (Å²) in [5.74, 6) is -0.352. The molecule has 4 N–H and O–H groups in total. The third-order valence-corrected chi connectivity index (χ3v) is 4.28. The average molecular weight is 374 g/mol. The summed E-state index contributed by atoms with van der Waals surface area (Å²) in [6, 6.07) is 10.7. The number of hydrogen-bond acceptors (Lipinski definition) is 4. The second-order valence-electron chi connectivity index (χ2n) is 4.60. The van der Waals surface area contributed by atoms with Crippen molar-refractivity contribution in [2.45, 2.75) is 4.90 Å². The standard InChI is InChI=1S/C14H13Cl2N3O3S/c15-9-2-1-3-10(6-9)18-8-14(20)19-13-5-4-11(7-12(13)16)23(17,21)22/h1-7,18H,8H2,(H,19,20)(H2,17,21,22). The Bertz CT molecular complexity index is 841. The Kier molecular flexibility index (Phi) is 5.48. The third kappa shape index (κ3) is 5.11. The molecule has 0 heterocycles. The van der Waals surface area contributed by atoms with Crippen LogP contribution in [0, 0.1) is 0 Å². The predicted molar refractivity (Wildman–Crippen MR) is 91.4 cm³/mol. The van der Waals surface area contributed by atoms with E-state index in [-0.39, 0.29) is 28.1 Å². The van der Waals surface area contributed by atoms with Crippen molar-refractivity contribution in [3.63, 3.8) is 0 Å². The van der Waals surface area contributed by atoms with Crippen LogP contribution < -0.4 is 15.8 Å². The monoisotopic (exact) mass is 373 g/mol. The molecule has 0 aliphatic carbocycles. The summed E-state index contributed by atoms with van der Waals surface area (Å²) in [5.41, 5.74) is 0.986. The molecule has 0 aliphatic heterocycles. The smallest absolute Gasteiger partial charge is 0.243 e. The summed E-state index contributed by atoms with van der Waals surface area (Å²) in [6.45, 7) is -0.00634. The molecule has 0 aliphatic rings. The van der Waals surface area contributed by atoms with E-state index in [1.807, 2.05) is 0 Å². The molecule has 1 amide bonds. The van der Waals surface area contributed by atoms with Gasteiger partial charge in [-0.3, -0.25) is 4.79 Å². The Morgan fingerprint density at radius 1 is 1.13 bits per heavy atom. The van der Waals surface area contributed by atoms with Crippen molar-refractivity contribution in [3.05, 3.63) is 52.5 Å². The first-order valence-corrected chi connectivity index (χ1v) is 8.67. The summed E-state index contributed by atoms with van der Waals surface area (Å²) >= 11 is 11.8. The Hall–Kier alpha value is -1.80. The molecule has 0 aromatic heterocycles. The van der Waals surface area contributed by atoms with Crippen molar-refractivity contribution < 1.29 is 13.2 Å². The summed E-state index contributed by atoms with van der Waals surface area (Å²) < 4.78 is 22.4. The molecule has 9 heteroatoms. The molecular formula is C14H13Cl2N3O3S. The minimum Gasteiger partial charge on any atom is -0.376 e. The van der Waals surface area contributed by atoms with Crippen LogP contribution in [0.5, 0.6) is 0 Å². The van der Waals surface area contributed by atoms with Crippen LogP contribution in [0.25, 0.3) is 0 Å². The molecule has 122 valence electrons. The molecule has 0 spiro atoms. The lowest BCUT2D eigenvalue weighted by Gasteiger charge is -2.10. The highest BCUT2D eigenvalue weighted by Crippen LogP contribution is 2.24. The molecule has 0 saturated carbocycles. The summed E-state index contributed by atoms with van der Waals surface area (Å²) in [7, 11) is -3.84. The van der Waals surface area contributed by atoms with Crippen LogP contribution in [0.1, 0.15) is 0 Å². The van der Waals surface area contributed by atoms with Crippen LogP contribution in [0.4, 0.5) is 11.4 Å². The summed E-state index contributed by atoms with van der Waals surface area (Å²) in [6.07, 6.45) is 0. The van der Waals surface area contributed by atoms with Crippen molar-refractivity contribution >= 4 is 50.5 Å². The molecule has 0 bridgehead atoms. The van der Waals surface area contributed by atoms with Crippen molar-refractivity contribution in [1.82, 2.24) is 0 Å². The number of nitrogens with two attached hydrogens (primary N) is 1. The zero-order chi connectivity index (χ0) is 17.0. The number of amides is 1. The van der Waals surface area contributed by atoms with Gasteiger partial charge in [-0.15, -0.1) is 0 Å². The van der Waals surface area contributed by atoms with E-state index in [0.29, 0.717) is 10.7 Å². The number of carbonyl (C=O) groups is 1. The largest absolute Gasteiger partial charge is 0.376 e. The van der Waals surface area contributed by atoms with Gasteiger partial charge in [0.15, 0.2) is 0 Å². The summed E-state index contributed by atoms with van der Waals surface area (Å²) in [5, 5.41) is 11.1. The van der Waals surface area contributed by atoms with Gasteiger partial charge in [-0.25, -0.2) is 13.6 Å². The number of halogens is 2. The summed E-state index contributed by atoms with van der Waals surface area (Å²) in [4.78, 5) is 11.8. The fraction of sp³-hybridized carbons (Fsp3) is 0.0714. The maximum atomic E-state index is 11.9. The number of benzene rings is 2. The number of sulfonamides is 1. The first-order chi connectivity index (χ1) is 10.8. The molecule has 6 nitrogen and oxygen atoms in total. The van der Waals surface area contributed by atoms with Crippen LogP contribution >= 0.6 is 23.2 Å². The van der Waals surface area contributed by atoms with E-state index in [9.17, 15) is 13.2 Å². The maximum absolute atomic E-state index is 11.9. The Morgan fingerprint density at radius 2 is 1.87 bits per heavy atom. The van der Waals surface area contributed by atoms with E-state index in [0.717, 1.165) is 0 Å². The molecule has 0 atom stereocenters. The molecule has 0 saturated heterocycles. The molecule has 2 aromatic carbocycles. The SMILES string of the molecule is NS(=O)(=O)c1ccc(NC(=O)CNc2cccc(Cl)c2)c(Cl)c1. The topological polar surface area (TPSA) is 101 Å². The number of rotatable bonds is 5. The van der Waals surface area contributed by atoms with Crippen LogP contribution in [-0.2, 0) is 14.8 Å². The number of primary sulfonamides is 1. The van der Waals surface area contributed by atoms with Gasteiger partial charge in [0, 0.05) is 10.7 Å². The van der Waals surface area contributed by atoms with E-state index < -0.39 is 10.0 Å². The molecule has 2 aromatic rings. The quantitative estimate of drug-likeness (QED) is 0.749. The number of anilines is 2. The first kappa shape index (κ1) is 17.6. The first-order valence-electron chi connectivity index (χ1n) is 6.37. The highest BCUT2D eigenvalue weighted by molar-refractivity contribution is 7.89. The van der Waals surface area contributed by atoms with Gasteiger partial charge in [0.25, 0.3) is 0 Å². The zero-order valence-corrected chi connectivity index (χ0v) is 14.0. The third-order valence-electron chi connectivity index (χ3n) is 2.82. The average Bonchev–Trinajstić information content (AvgIpc) is 2.46. The maximum Gasteiger partial charge on any atom is 0.243 e. The van der Waals surface area contributed by atoms with Gasteiger partial charge in [-0.1, -0.05) is 29.3 Å². The lowest BCUT2D eigenvalue weighted by atomic mass is 10.3. The minimum absolute atomic E-state index is 0.00634. The Morgan fingerprint density at radius 3 is 2.48 bits per heavy atom. The van der Waals surface area contributed by atoms with Gasteiger partial charge < -0.3 is 10.6 Å². The van der Waals surface area contributed by atoms with Gasteiger partial charge in [-0.05, 0) is 36.4 Å². The molecular weight excluding hydrogens is 361 g/mol. The fourth-order valence-corrected chi connectivity index (χ4v) is 2.77. The van der Waals surface area contributed by atoms with Gasteiger partial charge in [0.05, 0.1) is 22.2 Å². The Labute approximate surface area is 143 Å². The van der Waals surface area contributed by atoms with Crippen LogP contribution in [-0.4, -0.2) is 20.9 Å². The van der Waals surface area contributed by atoms with Gasteiger partial charge >= 0.3 is 0 Å². The highest BCUT2D eigenvalue weighted by Gasteiger charge is 2.12. The number of carbonyl (C=O) groups excluding carboxylic acids is 1. The normalized spacial score (nSPS) is 11.1. The van der Waals surface area contributed by atoms with Crippen LogP contribution in [0.2, 0.25) is 10.0 Å². The van der Waals surface area contributed by atoms with Gasteiger partial charge in [0.1, 0.15) is 0 Å². The van der Waals surface area contributed by atoms with E-state index in [4.69, 9.17) is 28.3 Å². The lowest BCUT2D eigenvalue weighted by molar-refractivity contribution is -0.114. The van der Waals surface area contributed by atoms with E-state index >= 15 is 0 Å². The molecule has 0 unspecified atom stereocenters. The second kappa shape index (κ2) is 7.18. The lowest BCUT2D eigenvalue weighted by Crippen LogP contribution is -2.22. The molecule has 0 fully saturated rings. The van der Waals surface area contributed by atoms with E-state index in [2.05, 4.69) is 10.6 Å². The van der Waals surface area contributed by atoms with Crippen molar-refractivity contribution in [1.29, 1.82) is 0 Å². The zero-order valence-electron chi connectivity index (χ0n) is 11.7. The molecule has 2 rings (SSSR count). The van der Waals surface area contributed by atoms with Crippen LogP contribution in [0.15, 0.2) is 47.4 Å². The number of hydrogen-bond donors (Lipinski definition) is 3. The molecule has 0 radical (unpaired) electrons. The molecule has 23 heavy (non-hydrogen) atoms. The highest BCUT2D eigenvalue weighted by atomic mass is 35.5. The van der Waals surface area contributed by atoms with Crippen molar-refractivity contribution in [3.8, 4) is 0 Å². The van der Waals surface area contributed by atoms with Crippen molar-refractivity contribution in [2.75, 3.05) is 17.2 Å². The fourth-order valence-electron chi connectivity index (χ4n) is 1.75. The predicted octanol–water partition coefficient (Wildman–Crippen LogP) is 2.69. The van der Waals surface area contributed by atoms with E-state index in [1.54, 1.807) is 24.3 Å². The minimum atomic E-state index is -3.84.